The number of carbonyl (C=O) groups excluding carboxylic acids is 1. The van der Waals surface area contributed by atoms with Gasteiger partial charge in [-0.25, -0.2) is 4.79 Å². The van der Waals surface area contributed by atoms with Crippen molar-refractivity contribution in [3.05, 3.63) is 58.1 Å². The molecule has 0 atom stereocenters. The molecule has 2 rings (SSSR count). The van der Waals surface area contributed by atoms with E-state index in [2.05, 4.69) is 5.32 Å². The van der Waals surface area contributed by atoms with Gasteiger partial charge in [-0.3, -0.25) is 4.79 Å². The summed E-state index contributed by atoms with van der Waals surface area (Å²) in [7, 11) is 0. The molecule has 0 spiro atoms. The molecule has 5 nitrogen and oxygen atoms in total. The molecule has 0 saturated carbocycles. The van der Waals surface area contributed by atoms with Gasteiger partial charge in [-0.15, -0.1) is 11.8 Å². The summed E-state index contributed by atoms with van der Waals surface area (Å²) in [6, 6.07) is 11.8. The number of ether oxygens (including phenoxy) is 1. The standard InChI is InChI=1S/C17H15Cl2NO4S/c18-12-2-1-11(15(19)7-12)9-25-10-16(21)20-13-3-5-14(6-4-13)24-8-17(22)23/h1-7H,8-10H2,(H,20,21)(H,22,23). The number of nitrogens with one attached hydrogen (secondary N) is 1. The van der Waals surface area contributed by atoms with Gasteiger partial charge >= 0.3 is 5.97 Å². The molecule has 0 radical (unpaired) electrons. The van der Waals surface area contributed by atoms with Gasteiger partial charge < -0.3 is 15.2 Å². The van der Waals surface area contributed by atoms with Gasteiger partial charge in [0, 0.05) is 21.5 Å². The van der Waals surface area contributed by atoms with E-state index in [0.717, 1.165) is 5.56 Å². The van der Waals surface area contributed by atoms with Crippen LogP contribution in [0.3, 0.4) is 0 Å². The number of carboxylic acids is 1. The lowest BCUT2D eigenvalue weighted by Gasteiger charge is -2.08. The van der Waals surface area contributed by atoms with Crippen molar-refractivity contribution in [2.24, 2.45) is 0 Å². The van der Waals surface area contributed by atoms with E-state index in [-0.39, 0.29) is 11.7 Å². The lowest BCUT2D eigenvalue weighted by Crippen LogP contribution is -2.14. The summed E-state index contributed by atoms with van der Waals surface area (Å²) < 4.78 is 5.02. The third-order valence-corrected chi connectivity index (χ3v) is 4.57. The summed E-state index contributed by atoms with van der Waals surface area (Å²) in [5, 5.41) is 12.5. The van der Waals surface area contributed by atoms with E-state index < -0.39 is 12.6 Å². The molecule has 1 amide bonds. The topological polar surface area (TPSA) is 75.6 Å². The number of amides is 1. The van der Waals surface area contributed by atoms with Crippen molar-refractivity contribution < 1.29 is 19.4 Å². The van der Waals surface area contributed by atoms with Crippen molar-refractivity contribution in [1.29, 1.82) is 0 Å². The van der Waals surface area contributed by atoms with Crippen molar-refractivity contribution in [2.45, 2.75) is 5.75 Å². The van der Waals surface area contributed by atoms with Crippen LogP contribution < -0.4 is 10.1 Å². The van der Waals surface area contributed by atoms with Gasteiger partial charge in [0.15, 0.2) is 6.61 Å². The Morgan fingerprint density at radius 3 is 2.48 bits per heavy atom. The first-order valence-electron chi connectivity index (χ1n) is 7.20. The molecule has 0 heterocycles. The minimum absolute atomic E-state index is 0.144. The second-order valence-corrected chi connectivity index (χ2v) is 6.81. The molecule has 2 aromatic rings. The number of hydrogen-bond acceptors (Lipinski definition) is 4. The summed E-state index contributed by atoms with van der Waals surface area (Å²) in [5.74, 6) is 0.110. The Bertz CT molecular complexity index is 753. The number of aliphatic carboxylic acids is 1. The fraction of sp³-hybridized carbons (Fsp3) is 0.176. The number of thioether (sulfide) groups is 1. The highest BCUT2D eigenvalue weighted by Crippen LogP contribution is 2.24. The summed E-state index contributed by atoms with van der Waals surface area (Å²) in [5.41, 5.74) is 1.53. The monoisotopic (exact) mass is 399 g/mol. The van der Waals surface area contributed by atoms with Crippen molar-refractivity contribution >= 4 is 52.5 Å². The molecule has 0 unspecified atom stereocenters. The van der Waals surface area contributed by atoms with Gasteiger partial charge in [-0.05, 0) is 42.0 Å². The van der Waals surface area contributed by atoms with E-state index in [9.17, 15) is 9.59 Å². The first kappa shape index (κ1) is 19.4. The Kier molecular flexibility index (Phi) is 7.43. The first-order valence-corrected chi connectivity index (χ1v) is 9.11. The summed E-state index contributed by atoms with van der Waals surface area (Å²) in [6.07, 6.45) is 0. The van der Waals surface area contributed by atoms with Crippen molar-refractivity contribution in [3.8, 4) is 5.75 Å². The molecule has 0 fully saturated rings. The molecule has 0 aromatic heterocycles. The maximum Gasteiger partial charge on any atom is 0.341 e. The van der Waals surface area contributed by atoms with Crippen LogP contribution in [0.25, 0.3) is 0 Å². The third kappa shape index (κ3) is 6.86. The lowest BCUT2D eigenvalue weighted by atomic mass is 10.2. The highest BCUT2D eigenvalue weighted by atomic mass is 35.5. The molecule has 8 heteroatoms. The molecule has 132 valence electrons. The molecule has 2 N–H and O–H groups in total. The maximum absolute atomic E-state index is 11.9. The number of benzene rings is 2. The summed E-state index contributed by atoms with van der Waals surface area (Å²) in [6.45, 7) is -0.407. The Hall–Kier alpha value is -1.89. The number of rotatable bonds is 8. The Morgan fingerprint density at radius 2 is 1.84 bits per heavy atom. The van der Waals surface area contributed by atoms with Gasteiger partial charge in [0.2, 0.25) is 5.91 Å². The molecule has 0 aliphatic carbocycles. The predicted octanol–water partition coefficient (Wildman–Crippen LogP) is 4.33. The molecule has 0 saturated heterocycles. The molecular formula is C17H15Cl2NO4S. The average Bonchev–Trinajstić information content (AvgIpc) is 2.56. The van der Waals surface area contributed by atoms with Gasteiger partial charge in [0.25, 0.3) is 0 Å². The van der Waals surface area contributed by atoms with Crippen LogP contribution in [0, 0.1) is 0 Å². The summed E-state index contributed by atoms with van der Waals surface area (Å²) in [4.78, 5) is 22.4. The van der Waals surface area contributed by atoms with E-state index in [1.807, 2.05) is 6.07 Å². The largest absolute Gasteiger partial charge is 0.482 e. The van der Waals surface area contributed by atoms with E-state index >= 15 is 0 Å². The van der Waals surface area contributed by atoms with E-state index in [1.165, 1.54) is 11.8 Å². The highest BCUT2D eigenvalue weighted by molar-refractivity contribution is 7.99. The van der Waals surface area contributed by atoms with E-state index in [1.54, 1.807) is 36.4 Å². The van der Waals surface area contributed by atoms with Crippen molar-refractivity contribution in [3.63, 3.8) is 0 Å². The van der Waals surface area contributed by atoms with Crippen molar-refractivity contribution in [2.75, 3.05) is 17.7 Å². The number of halogens is 2. The number of hydrogen-bond donors (Lipinski definition) is 2. The summed E-state index contributed by atoms with van der Waals surface area (Å²) >= 11 is 13.4. The van der Waals surface area contributed by atoms with Gasteiger partial charge in [-0.1, -0.05) is 29.3 Å². The van der Waals surface area contributed by atoms with Gasteiger partial charge in [0.05, 0.1) is 5.75 Å². The minimum atomic E-state index is -1.05. The number of anilines is 1. The molecule has 25 heavy (non-hydrogen) atoms. The Balaban J connectivity index is 1.77. The van der Waals surface area contributed by atoms with Crippen LogP contribution in [0.2, 0.25) is 10.0 Å². The lowest BCUT2D eigenvalue weighted by molar-refractivity contribution is -0.139. The highest BCUT2D eigenvalue weighted by Gasteiger charge is 2.06. The normalized spacial score (nSPS) is 10.3. The van der Waals surface area contributed by atoms with Crippen molar-refractivity contribution in [1.82, 2.24) is 0 Å². The van der Waals surface area contributed by atoms with Crippen LogP contribution >= 0.6 is 35.0 Å². The zero-order valence-electron chi connectivity index (χ0n) is 13.0. The van der Waals surface area contributed by atoms with Gasteiger partial charge in [0.1, 0.15) is 5.75 Å². The third-order valence-electron chi connectivity index (χ3n) is 3.01. The van der Waals surface area contributed by atoms with Crippen LogP contribution in [-0.4, -0.2) is 29.3 Å². The zero-order chi connectivity index (χ0) is 18.2. The molecule has 0 aliphatic rings. The van der Waals surface area contributed by atoms with Crippen LogP contribution in [0.1, 0.15) is 5.56 Å². The van der Waals surface area contributed by atoms with Crippen LogP contribution in [-0.2, 0) is 15.3 Å². The van der Waals surface area contributed by atoms with Gasteiger partial charge in [-0.2, -0.15) is 0 Å². The number of carboxylic acid groups (broad SMARTS) is 1. The zero-order valence-corrected chi connectivity index (χ0v) is 15.3. The fourth-order valence-corrected chi connectivity index (χ4v) is 3.25. The van der Waals surface area contributed by atoms with Crippen LogP contribution in [0.5, 0.6) is 5.75 Å². The molecular weight excluding hydrogens is 385 g/mol. The molecule has 0 aliphatic heterocycles. The Labute approximate surface area is 159 Å². The maximum atomic E-state index is 11.9. The van der Waals surface area contributed by atoms with E-state index in [0.29, 0.717) is 27.2 Å². The SMILES string of the molecule is O=C(O)COc1ccc(NC(=O)CSCc2ccc(Cl)cc2Cl)cc1. The second kappa shape index (κ2) is 9.56. The second-order valence-electron chi connectivity index (χ2n) is 4.98. The first-order chi connectivity index (χ1) is 11.9. The fourth-order valence-electron chi connectivity index (χ4n) is 1.87. The minimum Gasteiger partial charge on any atom is -0.482 e. The predicted molar refractivity (Wildman–Crippen MR) is 101 cm³/mol. The Morgan fingerprint density at radius 1 is 1.12 bits per heavy atom. The number of carbonyl (C=O) groups is 2. The van der Waals surface area contributed by atoms with Crippen LogP contribution in [0.15, 0.2) is 42.5 Å². The molecule has 2 aromatic carbocycles. The smallest absolute Gasteiger partial charge is 0.341 e. The van der Waals surface area contributed by atoms with Crippen LogP contribution in [0.4, 0.5) is 5.69 Å². The average molecular weight is 400 g/mol. The van der Waals surface area contributed by atoms with E-state index in [4.69, 9.17) is 33.0 Å². The quantitative estimate of drug-likeness (QED) is 0.690. The molecule has 0 bridgehead atoms.